The van der Waals surface area contributed by atoms with Gasteiger partial charge in [0.05, 0.1) is 16.6 Å². The summed E-state index contributed by atoms with van der Waals surface area (Å²) >= 11 is 1.71. The van der Waals surface area contributed by atoms with Gasteiger partial charge in [-0.2, -0.15) is 0 Å². The largest absolute Gasteiger partial charge is 0.481 e. The number of aliphatic carboxylic acids is 1. The average molecular weight is 253 g/mol. The van der Waals surface area contributed by atoms with E-state index in [1.54, 1.807) is 11.3 Å². The van der Waals surface area contributed by atoms with Crippen LogP contribution in [-0.4, -0.2) is 16.1 Å². The highest BCUT2D eigenvalue weighted by Crippen LogP contribution is 2.32. The molecule has 3 nitrogen and oxygen atoms in total. The summed E-state index contributed by atoms with van der Waals surface area (Å²) in [4.78, 5) is 16.8. The van der Waals surface area contributed by atoms with E-state index in [1.165, 1.54) is 4.88 Å². The average Bonchev–Trinajstić information content (AvgIpc) is 2.54. The SMILES string of the molecule is CC(C)(C)Cc1nc2c(s1)CC(C(=O)O)CC2. The van der Waals surface area contributed by atoms with Crippen molar-refractivity contribution in [3.63, 3.8) is 0 Å². The molecule has 94 valence electrons. The monoisotopic (exact) mass is 253 g/mol. The molecule has 0 saturated heterocycles. The lowest BCUT2D eigenvalue weighted by atomic mass is 9.91. The standard InChI is InChI=1S/C13H19NO2S/c1-13(2,3)7-11-14-9-5-4-8(12(15)16)6-10(9)17-11/h8H,4-7H2,1-3H3,(H,15,16). The predicted octanol–water partition coefficient (Wildman–Crippen LogP) is 2.92. The van der Waals surface area contributed by atoms with Crippen molar-refractivity contribution in [2.75, 3.05) is 0 Å². The van der Waals surface area contributed by atoms with Gasteiger partial charge in [0.2, 0.25) is 0 Å². The summed E-state index contributed by atoms with van der Waals surface area (Å²) in [6.45, 7) is 6.61. The Hall–Kier alpha value is -0.900. The second kappa shape index (κ2) is 4.41. The fraction of sp³-hybridized carbons (Fsp3) is 0.692. The van der Waals surface area contributed by atoms with Crippen LogP contribution in [0.5, 0.6) is 0 Å². The summed E-state index contributed by atoms with van der Waals surface area (Å²) in [6.07, 6.45) is 3.21. The molecule has 0 aliphatic heterocycles. The van der Waals surface area contributed by atoms with Crippen molar-refractivity contribution < 1.29 is 9.90 Å². The third kappa shape index (κ3) is 3.06. The van der Waals surface area contributed by atoms with Crippen molar-refractivity contribution >= 4 is 17.3 Å². The number of fused-ring (bicyclic) bond motifs is 1. The number of hydrogen-bond donors (Lipinski definition) is 1. The van der Waals surface area contributed by atoms with Crippen LogP contribution in [0.25, 0.3) is 0 Å². The molecule has 1 aliphatic rings. The minimum Gasteiger partial charge on any atom is -0.481 e. The second-order valence-corrected chi connectivity index (χ2v) is 7.16. The van der Waals surface area contributed by atoms with E-state index in [0.29, 0.717) is 6.42 Å². The number of thiazole rings is 1. The number of rotatable bonds is 2. The van der Waals surface area contributed by atoms with Crippen molar-refractivity contribution in [1.29, 1.82) is 0 Å². The maximum atomic E-state index is 11.0. The lowest BCUT2D eigenvalue weighted by Gasteiger charge is -2.16. The van der Waals surface area contributed by atoms with Gasteiger partial charge in [-0.25, -0.2) is 4.98 Å². The molecule has 0 bridgehead atoms. The second-order valence-electron chi connectivity index (χ2n) is 5.99. The van der Waals surface area contributed by atoms with Crippen molar-refractivity contribution in [2.24, 2.45) is 11.3 Å². The normalized spacial score (nSPS) is 20.1. The van der Waals surface area contributed by atoms with Crippen LogP contribution in [0.1, 0.15) is 42.8 Å². The molecular weight excluding hydrogens is 234 g/mol. The maximum absolute atomic E-state index is 11.0. The fourth-order valence-electron chi connectivity index (χ4n) is 2.17. The van der Waals surface area contributed by atoms with Crippen LogP contribution in [0, 0.1) is 11.3 Å². The van der Waals surface area contributed by atoms with Crippen LogP contribution in [0.4, 0.5) is 0 Å². The molecule has 0 spiro atoms. The minimum absolute atomic E-state index is 0.203. The molecule has 1 unspecified atom stereocenters. The number of aryl methyl sites for hydroxylation is 1. The van der Waals surface area contributed by atoms with Crippen molar-refractivity contribution in [1.82, 2.24) is 4.98 Å². The van der Waals surface area contributed by atoms with Crippen LogP contribution in [0.15, 0.2) is 0 Å². The Balaban J connectivity index is 2.15. The first-order valence-electron chi connectivity index (χ1n) is 6.05. The van der Waals surface area contributed by atoms with Crippen molar-refractivity contribution in [2.45, 2.75) is 46.5 Å². The Morgan fingerprint density at radius 1 is 1.53 bits per heavy atom. The molecule has 0 saturated carbocycles. The molecule has 1 aliphatic carbocycles. The zero-order valence-electron chi connectivity index (χ0n) is 10.6. The van der Waals surface area contributed by atoms with Crippen LogP contribution in [-0.2, 0) is 24.1 Å². The topological polar surface area (TPSA) is 50.2 Å². The summed E-state index contributed by atoms with van der Waals surface area (Å²) < 4.78 is 0. The van der Waals surface area contributed by atoms with E-state index in [9.17, 15) is 4.79 Å². The van der Waals surface area contributed by atoms with Crippen molar-refractivity contribution in [3.8, 4) is 0 Å². The smallest absolute Gasteiger partial charge is 0.306 e. The van der Waals surface area contributed by atoms with Gasteiger partial charge in [-0.3, -0.25) is 4.79 Å². The molecule has 1 aromatic rings. The number of carbonyl (C=O) groups is 1. The summed E-state index contributed by atoms with van der Waals surface area (Å²) in [5.41, 5.74) is 1.39. The number of carboxylic acids is 1. The Bertz CT molecular complexity index is 431. The summed E-state index contributed by atoms with van der Waals surface area (Å²) in [6, 6.07) is 0. The quantitative estimate of drug-likeness (QED) is 0.881. The molecule has 0 radical (unpaired) electrons. The lowest BCUT2D eigenvalue weighted by Crippen LogP contribution is -2.21. The van der Waals surface area contributed by atoms with Gasteiger partial charge in [-0.15, -0.1) is 11.3 Å². The maximum Gasteiger partial charge on any atom is 0.306 e. The third-order valence-corrected chi connectivity index (χ3v) is 4.13. The first-order valence-corrected chi connectivity index (χ1v) is 6.87. The number of nitrogens with zero attached hydrogens (tertiary/aromatic N) is 1. The van der Waals surface area contributed by atoms with E-state index in [-0.39, 0.29) is 11.3 Å². The fourth-order valence-corrected chi connectivity index (χ4v) is 3.66. The highest BCUT2D eigenvalue weighted by Gasteiger charge is 2.27. The zero-order chi connectivity index (χ0) is 12.6. The molecule has 0 fully saturated rings. The molecule has 0 amide bonds. The van der Waals surface area contributed by atoms with Gasteiger partial charge in [-0.05, 0) is 24.7 Å². The Morgan fingerprint density at radius 2 is 2.24 bits per heavy atom. The van der Waals surface area contributed by atoms with Gasteiger partial charge in [-0.1, -0.05) is 20.8 Å². The molecule has 1 N–H and O–H groups in total. The minimum atomic E-state index is -0.665. The van der Waals surface area contributed by atoms with Crippen molar-refractivity contribution in [3.05, 3.63) is 15.6 Å². The Morgan fingerprint density at radius 3 is 2.82 bits per heavy atom. The molecular formula is C13H19NO2S. The molecule has 0 aromatic carbocycles. The van der Waals surface area contributed by atoms with Gasteiger partial charge in [0.15, 0.2) is 0 Å². The van der Waals surface area contributed by atoms with E-state index < -0.39 is 5.97 Å². The molecule has 4 heteroatoms. The van der Waals surface area contributed by atoms with Crippen LogP contribution in [0.2, 0.25) is 0 Å². The van der Waals surface area contributed by atoms with Gasteiger partial charge >= 0.3 is 5.97 Å². The highest BCUT2D eigenvalue weighted by atomic mass is 32.1. The van der Waals surface area contributed by atoms with Crippen LogP contribution >= 0.6 is 11.3 Å². The number of carboxylic acid groups (broad SMARTS) is 1. The first kappa shape index (κ1) is 12.6. The van der Waals surface area contributed by atoms with Gasteiger partial charge in [0.1, 0.15) is 0 Å². The molecule has 17 heavy (non-hydrogen) atoms. The molecule has 1 atom stereocenters. The van der Waals surface area contributed by atoms with Gasteiger partial charge in [0, 0.05) is 11.3 Å². The van der Waals surface area contributed by atoms with E-state index in [1.807, 2.05) is 0 Å². The number of hydrogen-bond acceptors (Lipinski definition) is 3. The zero-order valence-corrected chi connectivity index (χ0v) is 11.4. The number of aromatic nitrogens is 1. The molecule has 1 heterocycles. The third-order valence-electron chi connectivity index (χ3n) is 3.01. The molecule has 1 aromatic heterocycles. The van der Waals surface area contributed by atoms with E-state index in [2.05, 4.69) is 25.8 Å². The molecule has 2 rings (SSSR count). The summed E-state index contributed by atoms with van der Waals surface area (Å²) in [5, 5.41) is 10.2. The summed E-state index contributed by atoms with van der Waals surface area (Å²) in [5.74, 6) is -0.869. The van der Waals surface area contributed by atoms with Gasteiger partial charge < -0.3 is 5.11 Å². The predicted molar refractivity (Wildman–Crippen MR) is 68.4 cm³/mol. The lowest BCUT2D eigenvalue weighted by molar-refractivity contribution is -0.142. The van der Waals surface area contributed by atoms with E-state index >= 15 is 0 Å². The Labute approximate surface area is 106 Å². The van der Waals surface area contributed by atoms with E-state index in [4.69, 9.17) is 5.11 Å². The van der Waals surface area contributed by atoms with Crippen LogP contribution < -0.4 is 0 Å². The highest BCUT2D eigenvalue weighted by molar-refractivity contribution is 7.11. The van der Waals surface area contributed by atoms with E-state index in [0.717, 1.165) is 30.0 Å². The van der Waals surface area contributed by atoms with Crippen LogP contribution in [0.3, 0.4) is 0 Å². The van der Waals surface area contributed by atoms with Gasteiger partial charge in [0.25, 0.3) is 0 Å². The summed E-state index contributed by atoms with van der Waals surface area (Å²) in [7, 11) is 0. The first-order chi connectivity index (χ1) is 7.85. The Kier molecular flexibility index (Phi) is 3.25.